The minimum absolute atomic E-state index is 0.807. The first-order valence-electron chi connectivity index (χ1n) is 5.99. The Hall–Kier alpha value is -0.550. The van der Waals surface area contributed by atoms with E-state index in [-0.39, 0.29) is 0 Å². The minimum Gasteiger partial charge on any atom is -0.330 e. The summed E-state index contributed by atoms with van der Waals surface area (Å²) in [7, 11) is 0. The van der Waals surface area contributed by atoms with Crippen LogP contribution in [0.3, 0.4) is 0 Å². The number of aryl methyl sites for hydroxylation is 1. The molecule has 92 valence electrons. The summed E-state index contributed by atoms with van der Waals surface area (Å²) < 4.78 is 2.20. The highest BCUT2D eigenvalue weighted by molar-refractivity contribution is 7.98. The summed E-state index contributed by atoms with van der Waals surface area (Å²) in [5.41, 5.74) is 5.46. The molecule has 0 spiro atoms. The van der Waals surface area contributed by atoms with Crippen molar-refractivity contribution in [2.24, 2.45) is 5.73 Å². The molecule has 16 heavy (non-hydrogen) atoms. The average Bonchev–Trinajstić information content (AvgIpc) is 2.71. The van der Waals surface area contributed by atoms with Crippen molar-refractivity contribution >= 4 is 11.8 Å². The summed E-state index contributed by atoms with van der Waals surface area (Å²) in [5.74, 6) is 1.12. The van der Waals surface area contributed by atoms with Gasteiger partial charge in [0, 0.05) is 13.0 Å². The fourth-order valence-electron chi connectivity index (χ4n) is 1.75. The lowest BCUT2D eigenvalue weighted by Crippen LogP contribution is -2.03. The number of nitrogens with two attached hydrogens (primary N) is 1. The fraction of sp³-hybridized carbons (Fsp3) is 0.818. The number of hydrogen-bond acceptors (Lipinski definition) is 4. The molecule has 0 aliphatic carbocycles. The van der Waals surface area contributed by atoms with Crippen molar-refractivity contribution in [1.82, 2.24) is 14.8 Å². The van der Waals surface area contributed by atoms with Gasteiger partial charge >= 0.3 is 0 Å². The Morgan fingerprint density at radius 1 is 1.19 bits per heavy atom. The van der Waals surface area contributed by atoms with E-state index in [4.69, 9.17) is 5.73 Å². The van der Waals surface area contributed by atoms with E-state index >= 15 is 0 Å². The summed E-state index contributed by atoms with van der Waals surface area (Å²) in [6.45, 7) is 3.91. The first kappa shape index (κ1) is 13.5. The summed E-state index contributed by atoms with van der Waals surface area (Å²) in [6, 6.07) is 0. The Balaban J connectivity index is 2.38. The second-order valence-electron chi connectivity index (χ2n) is 3.80. The van der Waals surface area contributed by atoms with E-state index in [9.17, 15) is 0 Å². The molecule has 0 saturated carbocycles. The van der Waals surface area contributed by atoms with Crippen LogP contribution in [0.2, 0.25) is 0 Å². The van der Waals surface area contributed by atoms with Crippen LogP contribution in [0.25, 0.3) is 0 Å². The van der Waals surface area contributed by atoms with Gasteiger partial charge in [0.15, 0.2) is 5.16 Å². The predicted molar refractivity (Wildman–Crippen MR) is 68.7 cm³/mol. The Labute approximate surface area is 102 Å². The van der Waals surface area contributed by atoms with Crippen molar-refractivity contribution in [2.45, 2.75) is 50.7 Å². The molecule has 0 aliphatic heterocycles. The maximum Gasteiger partial charge on any atom is 0.190 e. The van der Waals surface area contributed by atoms with Gasteiger partial charge in [-0.2, -0.15) is 0 Å². The number of nitrogens with zero attached hydrogens (tertiary/aromatic N) is 3. The molecular weight excluding hydrogens is 220 g/mol. The molecule has 0 fully saturated rings. The Morgan fingerprint density at radius 3 is 2.56 bits per heavy atom. The van der Waals surface area contributed by atoms with Crippen molar-refractivity contribution in [3.05, 3.63) is 5.82 Å². The molecule has 1 rings (SSSR count). The van der Waals surface area contributed by atoms with E-state index < -0.39 is 0 Å². The Kier molecular flexibility index (Phi) is 6.49. The molecule has 1 aromatic heterocycles. The van der Waals surface area contributed by atoms with Gasteiger partial charge in [-0.25, -0.2) is 0 Å². The molecule has 5 heteroatoms. The van der Waals surface area contributed by atoms with E-state index in [0.717, 1.165) is 36.9 Å². The molecule has 0 radical (unpaired) electrons. The SMILES string of the molecule is CCn1c(CCCCCCN)nnc1SC. The maximum atomic E-state index is 5.46. The molecular formula is C11H22N4S. The molecule has 4 nitrogen and oxygen atoms in total. The van der Waals surface area contributed by atoms with Gasteiger partial charge in [0.25, 0.3) is 0 Å². The van der Waals surface area contributed by atoms with Gasteiger partial charge in [0.1, 0.15) is 5.82 Å². The van der Waals surface area contributed by atoms with Crippen LogP contribution in [0.4, 0.5) is 0 Å². The number of rotatable bonds is 8. The second-order valence-corrected chi connectivity index (χ2v) is 4.57. The lowest BCUT2D eigenvalue weighted by atomic mass is 10.1. The number of unbranched alkanes of at least 4 members (excludes halogenated alkanes) is 3. The van der Waals surface area contributed by atoms with Crippen LogP contribution in [0.1, 0.15) is 38.4 Å². The zero-order chi connectivity index (χ0) is 11.8. The topological polar surface area (TPSA) is 56.7 Å². The van der Waals surface area contributed by atoms with Crippen LogP contribution in [0, 0.1) is 0 Å². The predicted octanol–water partition coefficient (Wildman–Crippen LogP) is 2.08. The lowest BCUT2D eigenvalue weighted by molar-refractivity contribution is 0.595. The van der Waals surface area contributed by atoms with Crippen LogP contribution >= 0.6 is 11.8 Å². The zero-order valence-electron chi connectivity index (χ0n) is 10.3. The second kappa shape index (κ2) is 7.68. The molecule has 1 aromatic rings. The normalized spacial score (nSPS) is 10.9. The van der Waals surface area contributed by atoms with Gasteiger partial charge in [0.05, 0.1) is 0 Å². The molecule has 1 heterocycles. The summed E-state index contributed by atoms with van der Waals surface area (Å²) >= 11 is 1.66. The van der Waals surface area contributed by atoms with Crippen molar-refractivity contribution in [2.75, 3.05) is 12.8 Å². The monoisotopic (exact) mass is 242 g/mol. The third kappa shape index (κ3) is 3.79. The van der Waals surface area contributed by atoms with E-state index in [2.05, 4.69) is 21.7 Å². The maximum absolute atomic E-state index is 5.46. The zero-order valence-corrected chi connectivity index (χ0v) is 11.1. The quantitative estimate of drug-likeness (QED) is 0.560. The molecule has 0 saturated heterocycles. The van der Waals surface area contributed by atoms with Crippen molar-refractivity contribution < 1.29 is 0 Å². The number of thioether (sulfide) groups is 1. The Bertz CT molecular complexity index is 298. The van der Waals surface area contributed by atoms with Gasteiger partial charge in [-0.3, -0.25) is 0 Å². The van der Waals surface area contributed by atoms with E-state index in [1.807, 2.05) is 6.26 Å². The van der Waals surface area contributed by atoms with Crippen LogP contribution in [-0.2, 0) is 13.0 Å². The summed E-state index contributed by atoms with van der Waals surface area (Å²) in [6.07, 6.45) is 7.87. The number of hydrogen-bond donors (Lipinski definition) is 1. The molecule has 0 aliphatic rings. The molecule has 2 N–H and O–H groups in total. The standard InChI is InChI=1S/C11H22N4S/c1-3-15-10(13-14-11(15)16-2)8-6-4-5-7-9-12/h3-9,12H2,1-2H3. The highest BCUT2D eigenvalue weighted by atomic mass is 32.2. The largest absolute Gasteiger partial charge is 0.330 e. The van der Waals surface area contributed by atoms with Crippen LogP contribution < -0.4 is 5.73 Å². The highest BCUT2D eigenvalue weighted by Crippen LogP contribution is 2.15. The molecule has 0 amide bonds. The first-order chi connectivity index (χ1) is 7.83. The summed E-state index contributed by atoms with van der Waals surface area (Å²) in [4.78, 5) is 0. The van der Waals surface area contributed by atoms with Gasteiger partial charge in [-0.05, 0) is 32.6 Å². The van der Waals surface area contributed by atoms with Crippen molar-refractivity contribution in [3.8, 4) is 0 Å². The van der Waals surface area contributed by atoms with Gasteiger partial charge < -0.3 is 10.3 Å². The Morgan fingerprint density at radius 2 is 1.94 bits per heavy atom. The molecule has 0 aromatic carbocycles. The lowest BCUT2D eigenvalue weighted by Gasteiger charge is -2.05. The smallest absolute Gasteiger partial charge is 0.190 e. The van der Waals surface area contributed by atoms with Crippen LogP contribution in [0.15, 0.2) is 5.16 Å². The fourth-order valence-corrected chi connectivity index (χ4v) is 2.33. The highest BCUT2D eigenvalue weighted by Gasteiger charge is 2.08. The van der Waals surface area contributed by atoms with Crippen molar-refractivity contribution in [1.29, 1.82) is 0 Å². The van der Waals surface area contributed by atoms with Crippen LogP contribution in [-0.4, -0.2) is 27.6 Å². The first-order valence-corrected chi connectivity index (χ1v) is 7.22. The van der Waals surface area contributed by atoms with Gasteiger partial charge in [-0.1, -0.05) is 24.6 Å². The van der Waals surface area contributed by atoms with E-state index in [1.165, 1.54) is 19.3 Å². The third-order valence-electron chi connectivity index (χ3n) is 2.65. The molecule has 0 atom stereocenters. The summed E-state index contributed by atoms with van der Waals surface area (Å²) in [5, 5.41) is 9.45. The molecule has 0 bridgehead atoms. The third-order valence-corrected chi connectivity index (χ3v) is 3.31. The van der Waals surface area contributed by atoms with Crippen LogP contribution in [0.5, 0.6) is 0 Å². The minimum atomic E-state index is 0.807. The van der Waals surface area contributed by atoms with E-state index in [0.29, 0.717) is 0 Å². The molecule has 0 unspecified atom stereocenters. The van der Waals surface area contributed by atoms with E-state index in [1.54, 1.807) is 11.8 Å². The van der Waals surface area contributed by atoms with Gasteiger partial charge in [-0.15, -0.1) is 10.2 Å². The van der Waals surface area contributed by atoms with Gasteiger partial charge in [0.2, 0.25) is 0 Å². The van der Waals surface area contributed by atoms with Crippen molar-refractivity contribution in [3.63, 3.8) is 0 Å². The number of aromatic nitrogens is 3. The average molecular weight is 242 g/mol.